The number of rotatable bonds is 6. The van der Waals surface area contributed by atoms with Crippen molar-refractivity contribution in [1.82, 2.24) is 20.1 Å². The molecule has 140 valence electrons. The highest BCUT2D eigenvalue weighted by Crippen LogP contribution is 2.32. The molecule has 0 bridgehead atoms. The number of amides is 1. The van der Waals surface area contributed by atoms with Crippen molar-refractivity contribution in [3.63, 3.8) is 0 Å². The summed E-state index contributed by atoms with van der Waals surface area (Å²) in [4.78, 5) is 13.2. The Hall–Kier alpha value is -1.24. The van der Waals surface area contributed by atoms with Gasteiger partial charge >= 0.3 is 0 Å². The monoisotopic (exact) mass is 412 g/mol. The molecule has 1 N–H and O–H groups in total. The van der Waals surface area contributed by atoms with Gasteiger partial charge in [0.15, 0.2) is 0 Å². The highest BCUT2D eigenvalue weighted by molar-refractivity contribution is 8.00. The summed E-state index contributed by atoms with van der Waals surface area (Å²) in [7, 11) is 0. The summed E-state index contributed by atoms with van der Waals surface area (Å²) in [5.41, 5.74) is 0. The number of carbonyl (C=O) groups excluding carboxylic acids is 1. The van der Waals surface area contributed by atoms with Crippen molar-refractivity contribution in [1.29, 1.82) is 0 Å². The maximum absolute atomic E-state index is 12.4. The highest BCUT2D eigenvalue weighted by Gasteiger charge is 2.18. The van der Waals surface area contributed by atoms with E-state index in [-0.39, 0.29) is 11.2 Å². The third-order valence-electron chi connectivity index (χ3n) is 4.40. The molecule has 5 nitrogen and oxygen atoms in total. The van der Waals surface area contributed by atoms with Crippen LogP contribution in [0.4, 0.5) is 0 Å². The molecule has 0 aliphatic carbocycles. The van der Waals surface area contributed by atoms with E-state index in [9.17, 15) is 4.79 Å². The van der Waals surface area contributed by atoms with Crippen LogP contribution in [0, 0.1) is 0 Å². The summed E-state index contributed by atoms with van der Waals surface area (Å²) >= 11 is 13.6. The summed E-state index contributed by atoms with van der Waals surface area (Å²) in [5.74, 6) is 2.00. The lowest BCUT2D eigenvalue weighted by Gasteiger charge is -2.13. The first-order valence-electron chi connectivity index (χ1n) is 8.85. The summed E-state index contributed by atoms with van der Waals surface area (Å²) in [5, 5.41) is 12.5. The van der Waals surface area contributed by atoms with Gasteiger partial charge in [-0.25, -0.2) is 0 Å². The fraction of sp³-hybridized carbons (Fsp3) is 0.500. The Morgan fingerprint density at radius 3 is 3.00 bits per heavy atom. The van der Waals surface area contributed by atoms with Gasteiger partial charge in [-0.15, -0.1) is 22.0 Å². The van der Waals surface area contributed by atoms with Crippen LogP contribution in [0.15, 0.2) is 23.1 Å². The predicted octanol–water partition coefficient (Wildman–Crippen LogP) is 4.15. The van der Waals surface area contributed by atoms with Crippen LogP contribution < -0.4 is 5.32 Å². The Kier molecular flexibility index (Phi) is 6.84. The molecule has 0 saturated carbocycles. The zero-order valence-electron chi connectivity index (χ0n) is 14.7. The molecule has 8 heteroatoms. The van der Waals surface area contributed by atoms with Gasteiger partial charge in [-0.1, -0.05) is 29.6 Å². The molecule has 1 amide bonds. The minimum Gasteiger partial charge on any atom is -0.355 e. The Morgan fingerprint density at radius 1 is 1.31 bits per heavy atom. The van der Waals surface area contributed by atoms with E-state index in [1.54, 1.807) is 18.2 Å². The fourth-order valence-electron chi connectivity index (χ4n) is 2.98. The summed E-state index contributed by atoms with van der Waals surface area (Å²) in [6.07, 6.45) is 5.26. The summed E-state index contributed by atoms with van der Waals surface area (Å²) in [6.45, 7) is 3.39. The largest absolute Gasteiger partial charge is 0.355 e. The van der Waals surface area contributed by atoms with Gasteiger partial charge in [0.2, 0.25) is 5.91 Å². The number of hydrogen-bond donors (Lipinski definition) is 1. The second-order valence-corrected chi connectivity index (χ2v) is 8.60. The van der Waals surface area contributed by atoms with E-state index in [1.165, 1.54) is 31.0 Å². The predicted molar refractivity (Wildman–Crippen MR) is 106 cm³/mol. The van der Waals surface area contributed by atoms with Gasteiger partial charge in [-0.3, -0.25) is 4.79 Å². The van der Waals surface area contributed by atoms with E-state index < -0.39 is 0 Å². The molecule has 3 rings (SSSR count). The third-order valence-corrected chi connectivity index (χ3v) is 6.24. The maximum atomic E-state index is 12.4. The standard InChI is InChI=1S/C18H22Cl2N4OS/c1-12(26-15-11-13(19)6-7-14(15)20)18(25)21-9-8-17-23-22-16-5-3-2-4-10-24(16)17/h6-7,11-12H,2-5,8-10H2,1H3,(H,21,25). The average Bonchev–Trinajstić information content (AvgIpc) is 2.85. The maximum Gasteiger partial charge on any atom is 0.233 e. The van der Waals surface area contributed by atoms with Crippen molar-refractivity contribution in [2.24, 2.45) is 0 Å². The van der Waals surface area contributed by atoms with Crippen molar-refractivity contribution in [3.05, 3.63) is 39.9 Å². The number of halogens is 2. The quantitative estimate of drug-likeness (QED) is 0.723. The molecule has 1 atom stereocenters. The van der Waals surface area contributed by atoms with Crippen molar-refractivity contribution in [2.45, 2.75) is 55.7 Å². The lowest BCUT2D eigenvalue weighted by molar-refractivity contribution is -0.120. The van der Waals surface area contributed by atoms with Crippen LogP contribution in [0.1, 0.15) is 37.8 Å². The van der Waals surface area contributed by atoms with Gasteiger partial charge in [0.05, 0.1) is 10.3 Å². The number of carbonyl (C=O) groups is 1. The van der Waals surface area contributed by atoms with Crippen LogP contribution in [-0.2, 0) is 24.2 Å². The normalized spacial score (nSPS) is 15.2. The second-order valence-electron chi connectivity index (χ2n) is 6.37. The Morgan fingerprint density at radius 2 is 2.15 bits per heavy atom. The molecule has 1 aromatic carbocycles. The van der Waals surface area contributed by atoms with Crippen LogP contribution in [-0.4, -0.2) is 32.5 Å². The molecule has 2 aromatic rings. The van der Waals surface area contributed by atoms with Crippen LogP contribution >= 0.6 is 35.0 Å². The summed E-state index contributed by atoms with van der Waals surface area (Å²) in [6, 6.07) is 5.26. The van der Waals surface area contributed by atoms with Gasteiger partial charge in [0.1, 0.15) is 11.6 Å². The van der Waals surface area contributed by atoms with Gasteiger partial charge in [-0.2, -0.15) is 0 Å². The van der Waals surface area contributed by atoms with E-state index in [4.69, 9.17) is 23.2 Å². The number of benzene rings is 1. The smallest absolute Gasteiger partial charge is 0.233 e. The van der Waals surface area contributed by atoms with Crippen LogP contribution in [0.2, 0.25) is 10.0 Å². The molecule has 1 aliphatic rings. The number of nitrogens with zero attached hydrogens (tertiary/aromatic N) is 3. The SMILES string of the molecule is CC(Sc1cc(Cl)ccc1Cl)C(=O)NCCc1nnc2n1CCCCC2. The van der Waals surface area contributed by atoms with E-state index in [1.807, 2.05) is 6.92 Å². The summed E-state index contributed by atoms with van der Waals surface area (Å²) < 4.78 is 2.21. The van der Waals surface area contributed by atoms with Gasteiger partial charge < -0.3 is 9.88 Å². The number of nitrogens with one attached hydrogen (secondary N) is 1. The molecule has 1 aromatic heterocycles. The number of aryl methyl sites for hydroxylation is 1. The van der Waals surface area contributed by atoms with Gasteiger partial charge in [0.25, 0.3) is 0 Å². The molecule has 0 fully saturated rings. The molecular formula is C18H22Cl2N4OS. The van der Waals surface area contributed by atoms with E-state index >= 15 is 0 Å². The zero-order chi connectivity index (χ0) is 18.5. The first-order chi connectivity index (χ1) is 12.5. The molecule has 2 heterocycles. The van der Waals surface area contributed by atoms with Crippen LogP contribution in [0.5, 0.6) is 0 Å². The van der Waals surface area contributed by atoms with Gasteiger partial charge in [0, 0.05) is 35.8 Å². The Bertz CT molecular complexity index is 781. The lowest BCUT2D eigenvalue weighted by Crippen LogP contribution is -2.32. The van der Waals surface area contributed by atoms with E-state index in [2.05, 4.69) is 20.1 Å². The molecule has 26 heavy (non-hydrogen) atoms. The fourth-order valence-corrected chi connectivity index (χ4v) is 4.42. The van der Waals surface area contributed by atoms with Crippen molar-refractivity contribution in [3.8, 4) is 0 Å². The molecule has 0 saturated heterocycles. The van der Waals surface area contributed by atoms with E-state index in [0.29, 0.717) is 23.0 Å². The van der Waals surface area contributed by atoms with Crippen LogP contribution in [0.25, 0.3) is 0 Å². The first-order valence-corrected chi connectivity index (χ1v) is 10.5. The molecule has 1 aliphatic heterocycles. The number of aromatic nitrogens is 3. The highest BCUT2D eigenvalue weighted by atomic mass is 35.5. The molecular weight excluding hydrogens is 391 g/mol. The number of thioether (sulfide) groups is 1. The lowest BCUT2D eigenvalue weighted by atomic mass is 10.2. The molecule has 0 radical (unpaired) electrons. The minimum atomic E-state index is -0.263. The zero-order valence-corrected chi connectivity index (χ0v) is 17.0. The minimum absolute atomic E-state index is 0.0263. The van der Waals surface area contributed by atoms with Gasteiger partial charge in [-0.05, 0) is 38.0 Å². The third kappa shape index (κ3) is 4.93. The Balaban J connectivity index is 1.51. The van der Waals surface area contributed by atoms with Crippen molar-refractivity contribution < 1.29 is 4.79 Å². The second kappa shape index (κ2) is 9.11. The van der Waals surface area contributed by atoms with Crippen LogP contribution in [0.3, 0.4) is 0 Å². The van der Waals surface area contributed by atoms with Crippen molar-refractivity contribution >= 4 is 40.9 Å². The van der Waals surface area contributed by atoms with E-state index in [0.717, 1.165) is 29.5 Å². The Labute approximate surface area is 167 Å². The first kappa shape index (κ1) is 19.5. The topological polar surface area (TPSA) is 59.8 Å². The molecule has 1 unspecified atom stereocenters. The molecule has 0 spiro atoms. The average molecular weight is 413 g/mol. The van der Waals surface area contributed by atoms with Crippen molar-refractivity contribution in [2.75, 3.05) is 6.54 Å². The number of fused-ring (bicyclic) bond motifs is 1. The number of hydrogen-bond acceptors (Lipinski definition) is 4.